The van der Waals surface area contributed by atoms with Crippen LogP contribution in [0.15, 0.2) is 24.7 Å². The predicted molar refractivity (Wildman–Crippen MR) is 104 cm³/mol. The molecule has 29 heavy (non-hydrogen) atoms. The minimum Gasteiger partial charge on any atom is -0.350 e. The number of carbonyl (C=O) groups is 1. The highest BCUT2D eigenvalue weighted by Gasteiger charge is 2.53. The number of aromatic nitrogens is 4. The maximum absolute atomic E-state index is 12.7. The van der Waals surface area contributed by atoms with Gasteiger partial charge in [0.25, 0.3) is 5.91 Å². The Kier molecular flexibility index (Phi) is 4.40. The number of rotatable bonds is 7. The molecule has 1 amide bonds. The Labute approximate surface area is 168 Å². The minimum absolute atomic E-state index is 0.0650. The maximum Gasteiger partial charge on any atom is 0.320 e. The summed E-state index contributed by atoms with van der Waals surface area (Å²) < 4.78 is 3.57. The first kappa shape index (κ1) is 18.3. The molecule has 0 atom stereocenters. The van der Waals surface area contributed by atoms with Gasteiger partial charge in [0, 0.05) is 25.5 Å². The summed E-state index contributed by atoms with van der Waals surface area (Å²) in [7, 11) is 0. The summed E-state index contributed by atoms with van der Waals surface area (Å²) in [5, 5.41) is 23.0. The van der Waals surface area contributed by atoms with Crippen LogP contribution in [0, 0.1) is 27.9 Å². The van der Waals surface area contributed by atoms with Crippen LogP contribution in [0.1, 0.15) is 55.4 Å². The van der Waals surface area contributed by atoms with Crippen molar-refractivity contribution in [1.82, 2.24) is 24.9 Å². The third-order valence-corrected chi connectivity index (χ3v) is 7.01. The number of aryl methyl sites for hydroxylation is 1. The van der Waals surface area contributed by atoms with Gasteiger partial charge in [-0.05, 0) is 68.8 Å². The third-order valence-electron chi connectivity index (χ3n) is 7.01. The first-order valence-corrected chi connectivity index (χ1v) is 10.5. The molecule has 4 bridgehead atoms. The SMILES string of the molecule is O=C(NCCCn1cccn1)c1nn(C23CC4CC(CC(C4)C2)C3)cc1[N+](=O)[O-]. The van der Waals surface area contributed by atoms with Gasteiger partial charge >= 0.3 is 5.69 Å². The average molecular weight is 398 g/mol. The molecule has 0 unspecified atom stereocenters. The molecule has 4 fully saturated rings. The van der Waals surface area contributed by atoms with Gasteiger partial charge in [0.1, 0.15) is 6.20 Å². The van der Waals surface area contributed by atoms with E-state index in [0.29, 0.717) is 37.3 Å². The van der Waals surface area contributed by atoms with Gasteiger partial charge in [-0.3, -0.25) is 24.3 Å². The zero-order chi connectivity index (χ0) is 20.0. The Morgan fingerprint density at radius 1 is 1.24 bits per heavy atom. The molecule has 0 aromatic carbocycles. The van der Waals surface area contributed by atoms with E-state index in [1.807, 2.05) is 12.3 Å². The van der Waals surface area contributed by atoms with Gasteiger partial charge in [-0.15, -0.1) is 0 Å². The van der Waals surface area contributed by atoms with E-state index >= 15 is 0 Å². The van der Waals surface area contributed by atoms with Crippen LogP contribution < -0.4 is 5.32 Å². The third kappa shape index (κ3) is 3.32. The van der Waals surface area contributed by atoms with Gasteiger partial charge in [-0.1, -0.05) is 0 Å². The number of carbonyl (C=O) groups excluding carboxylic acids is 1. The molecule has 0 spiro atoms. The van der Waals surface area contributed by atoms with Gasteiger partial charge in [0.05, 0.1) is 10.5 Å². The van der Waals surface area contributed by atoms with E-state index in [2.05, 4.69) is 15.5 Å². The molecule has 2 aromatic rings. The van der Waals surface area contributed by atoms with Crippen LogP contribution in [0.2, 0.25) is 0 Å². The lowest BCUT2D eigenvalue weighted by atomic mass is 9.53. The molecule has 9 heteroatoms. The highest BCUT2D eigenvalue weighted by atomic mass is 16.6. The van der Waals surface area contributed by atoms with Crippen molar-refractivity contribution in [3.05, 3.63) is 40.5 Å². The molecular weight excluding hydrogens is 372 g/mol. The van der Waals surface area contributed by atoms with Crippen LogP contribution in [-0.2, 0) is 12.1 Å². The van der Waals surface area contributed by atoms with Crippen molar-refractivity contribution in [3.63, 3.8) is 0 Å². The van der Waals surface area contributed by atoms with Crippen LogP contribution >= 0.6 is 0 Å². The molecule has 0 aliphatic heterocycles. The van der Waals surface area contributed by atoms with Crippen molar-refractivity contribution in [2.45, 2.75) is 57.0 Å². The lowest BCUT2D eigenvalue weighted by molar-refractivity contribution is -0.385. The standard InChI is InChI=1S/C20H26N6O3/c27-19(21-3-1-5-24-6-2-4-22-24)18-17(26(28)29)13-25(23-18)20-10-14-7-15(11-20)9-16(8-14)12-20/h2,4,6,13-16H,1,3,5,7-12H2,(H,21,27). The average Bonchev–Trinajstić information content (AvgIpc) is 3.34. The molecule has 154 valence electrons. The molecule has 1 N–H and O–H groups in total. The molecule has 4 aliphatic carbocycles. The van der Waals surface area contributed by atoms with Gasteiger partial charge < -0.3 is 5.32 Å². The van der Waals surface area contributed by atoms with Crippen LogP contribution in [0.4, 0.5) is 5.69 Å². The number of amides is 1. The van der Waals surface area contributed by atoms with Crippen molar-refractivity contribution in [2.75, 3.05) is 6.54 Å². The Morgan fingerprint density at radius 2 is 1.93 bits per heavy atom. The van der Waals surface area contributed by atoms with E-state index in [0.717, 1.165) is 19.3 Å². The second-order valence-electron chi connectivity index (χ2n) is 9.09. The van der Waals surface area contributed by atoms with E-state index in [9.17, 15) is 14.9 Å². The van der Waals surface area contributed by atoms with Crippen LogP contribution in [-0.4, -0.2) is 36.9 Å². The smallest absolute Gasteiger partial charge is 0.320 e. The van der Waals surface area contributed by atoms with Crippen molar-refractivity contribution in [1.29, 1.82) is 0 Å². The van der Waals surface area contributed by atoms with E-state index in [1.165, 1.54) is 25.5 Å². The van der Waals surface area contributed by atoms with Gasteiger partial charge in [-0.25, -0.2) is 0 Å². The topological polar surface area (TPSA) is 108 Å². The fourth-order valence-electron chi connectivity index (χ4n) is 6.21. The summed E-state index contributed by atoms with van der Waals surface area (Å²) in [6.45, 7) is 1.09. The number of nitrogens with zero attached hydrogens (tertiary/aromatic N) is 5. The zero-order valence-electron chi connectivity index (χ0n) is 16.4. The molecule has 0 radical (unpaired) electrons. The quantitative estimate of drug-likeness (QED) is 0.438. The van der Waals surface area contributed by atoms with Crippen LogP contribution in [0.25, 0.3) is 0 Å². The molecule has 0 saturated heterocycles. The largest absolute Gasteiger partial charge is 0.350 e. The monoisotopic (exact) mass is 398 g/mol. The van der Waals surface area contributed by atoms with Gasteiger partial charge in [0.15, 0.2) is 0 Å². The fourth-order valence-corrected chi connectivity index (χ4v) is 6.21. The summed E-state index contributed by atoms with van der Waals surface area (Å²) in [6.07, 6.45) is 12.7. The fraction of sp³-hybridized carbons (Fsp3) is 0.650. The van der Waals surface area contributed by atoms with E-state index in [-0.39, 0.29) is 16.9 Å². The lowest BCUT2D eigenvalue weighted by Gasteiger charge is -2.56. The summed E-state index contributed by atoms with van der Waals surface area (Å²) in [5.74, 6) is 1.62. The second-order valence-corrected chi connectivity index (χ2v) is 9.09. The second kappa shape index (κ2) is 6.96. The van der Waals surface area contributed by atoms with Crippen molar-refractivity contribution in [2.24, 2.45) is 17.8 Å². The minimum atomic E-state index is -0.483. The Balaban J connectivity index is 1.32. The lowest BCUT2D eigenvalue weighted by Crippen LogP contribution is -2.52. The Morgan fingerprint density at radius 3 is 2.52 bits per heavy atom. The highest BCUT2D eigenvalue weighted by Crippen LogP contribution is 2.58. The molecule has 2 heterocycles. The van der Waals surface area contributed by atoms with Crippen molar-refractivity contribution >= 4 is 11.6 Å². The van der Waals surface area contributed by atoms with E-state index in [1.54, 1.807) is 15.6 Å². The van der Waals surface area contributed by atoms with Crippen molar-refractivity contribution in [3.8, 4) is 0 Å². The Hall–Kier alpha value is -2.71. The number of hydrogen-bond donors (Lipinski definition) is 1. The Bertz CT molecular complexity index is 884. The molecular formula is C20H26N6O3. The van der Waals surface area contributed by atoms with E-state index < -0.39 is 10.8 Å². The number of nitro groups is 1. The van der Waals surface area contributed by atoms with Crippen LogP contribution in [0.3, 0.4) is 0 Å². The number of hydrogen-bond acceptors (Lipinski definition) is 5. The predicted octanol–water partition coefficient (Wildman–Crippen LogP) is 2.73. The summed E-state index contributed by atoms with van der Waals surface area (Å²) >= 11 is 0. The van der Waals surface area contributed by atoms with Crippen molar-refractivity contribution < 1.29 is 9.72 Å². The summed E-state index contributed by atoms with van der Waals surface area (Å²) in [4.78, 5) is 23.8. The highest BCUT2D eigenvalue weighted by molar-refractivity contribution is 5.96. The number of nitrogens with one attached hydrogen (secondary N) is 1. The van der Waals surface area contributed by atoms with E-state index in [4.69, 9.17) is 0 Å². The maximum atomic E-state index is 12.7. The molecule has 4 saturated carbocycles. The molecule has 4 aliphatic rings. The van der Waals surface area contributed by atoms with Gasteiger partial charge in [0.2, 0.25) is 5.69 Å². The summed E-state index contributed by atoms with van der Waals surface area (Å²) in [6, 6.07) is 1.85. The summed E-state index contributed by atoms with van der Waals surface area (Å²) in [5.41, 5.74) is -0.395. The first-order chi connectivity index (χ1) is 14.0. The van der Waals surface area contributed by atoms with Crippen LogP contribution in [0.5, 0.6) is 0 Å². The first-order valence-electron chi connectivity index (χ1n) is 10.5. The zero-order valence-corrected chi connectivity index (χ0v) is 16.4. The van der Waals surface area contributed by atoms with Gasteiger partial charge in [-0.2, -0.15) is 10.2 Å². The molecule has 6 rings (SSSR count). The normalized spacial score (nSPS) is 29.9. The molecule has 2 aromatic heterocycles. The molecule has 9 nitrogen and oxygen atoms in total.